The van der Waals surface area contributed by atoms with E-state index in [9.17, 15) is 0 Å². The third kappa shape index (κ3) is 6.18. The number of morpholine rings is 1. The molecule has 2 aromatic carbocycles. The van der Waals surface area contributed by atoms with Gasteiger partial charge >= 0.3 is 0 Å². The molecule has 0 spiro atoms. The number of nitrogens with zero attached hydrogens (tertiary/aromatic N) is 4. The first-order chi connectivity index (χ1) is 21.6. The van der Waals surface area contributed by atoms with Crippen molar-refractivity contribution in [3.05, 3.63) is 53.2 Å². The smallest absolute Gasteiger partial charge is 0.276 e. The third-order valence-electron chi connectivity index (χ3n) is 9.06. The van der Waals surface area contributed by atoms with Gasteiger partial charge in [0.05, 0.1) is 36.9 Å². The quantitative estimate of drug-likeness (QED) is 0.342. The SMILES string of the molecule is [2H]C([2H])([2H])c1nnc2c3cc(N4CCOCC4)cc(c13)OCCCCCCN1CCC(CC1)C(F)(F)c1cccc(c1)[C@@H](C)N2. The van der Waals surface area contributed by atoms with Crippen LogP contribution in [0.1, 0.15) is 72.4 Å². The topological polar surface area (TPSA) is 62.8 Å². The minimum absolute atomic E-state index is 0.0250. The average Bonchev–Trinajstić information content (AvgIpc) is 3.04. The lowest BCUT2D eigenvalue weighted by molar-refractivity contribution is -0.0855. The van der Waals surface area contributed by atoms with E-state index in [1.165, 1.54) is 6.07 Å². The predicted octanol–water partition coefficient (Wildman–Crippen LogP) is 6.70. The third-order valence-corrected chi connectivity index (χ3v) is 9.06. The summed E-state index contributed by atoms with van der Waals surface area (Å²) in [6, 6.07) is 10.1. The van der Waals surface area contributed by atoms with Crippen molar-refractivity contribution in [1.29, 1.82) is 0 Å². The number of anilines is 2. The molecule has 1 N–H and O–H groups in total. The van der Waals surface area contributed by atoms with Gasteiger partial charge in [-0.15, -0.1) is 5.10 Å². The number of piperidine rings is 1. The predicted molar refractivity (Wildman–Crippen MR) is 163 cm³/mol. The van der Waals surface area contributed by atoms with Crippen molar-refractivity contribution in [3.8, 4) is 5.75 Å². The van der Waals surface area contributed by atoms with Crippen LogP contribution in [0.2, 0.25) is 0 Å². The Hall–Kier alpha value is -3.04. The summed E-state index contributed by atoms with van der Waals surface area (Å²) in [6.45, 7) is 4.66. The number of hydrogen-bond donors (Lipinski definition) is 1. The molecular weight excluding hydrogens is 536 g/mol. The van der Waals surface area contributed by atoms with Crippen LogP contribution in [-0.2, 0) is 10.7 Å². The van der Waals surface area contributed by atoms with E-state index in [1.807, 2.05) is 25.1 Å². The molecule has 0 radical (unpaired) electrons. The molecule has 4 aliphatic rings. The summed E-state index contributed by atoms with van der Waals surface area (Å²) in [4.78, 5) is 4.50. The van der Waals surface area contributed by atoms with Crippen molar-refractivity contribution in [2.24, 2.45) is 5.92 Å². The monoisotopic (exact) mass is 582 g/mol. The largest absolute Gasteiger partial charge is 0.493 e. The average molecular weight is 583 g/mol. The number of nitrogens with one attached hydrogen (secondary N) is 1. The molecule has 5 heterocycles. The number of aryl methyl sites for hydroxylation is 1. The maximum absolute atomic E-state index is 15.9. The highest BCUT2D eigenvalue weighted by Gasteiger charge is 2.42. The van der Waals surface area contributed by atoms with Crippen molar-refractivity contribution >= 4 is 22.3 Å². The van der Waals surface area contributed by atoms with E-state index >= 15 is 8.78 Å². The molecule has 42 heavy (non-hydrogen) atoms. The van der Waals surface area contributed by atoms with Crippen LogP contribution in [0.25, 0.3) is 10.8 Å². The first kappa shape index (κ1) is 25.5. The minimum atomic E-state index is -2.94. The van der Waals surface area contributed by atoms with Gasteiger partial charge in [0.15, 0.2) is 5.82 Å². The maximum Gasteiger partial charge on any atom is 0.276 e. The number of hydrogen-bond acceptors (Lipinski definition) is 7. The molecule has 1 atom stereocenters. The van der Waals surface area contributed by atoms with Crippen LogP contribution in [0.3, 0.4) is 0 Å². The molecule has 7 nitrogen and oxygen atoms in total. The zero-order valence-electron chi connectivity index (χ0n) is 27.4. The van der Waals surface area contributed by atoms with Crippen molar-refractivity contribution in [3.63, 3.8) is 0 Å². The molecule has 4 aliphatic heterocycles. The van der Waals surface area contributed by atoms with Crippen LogP contribution >= 0.6 is 0 Å². The van der Waals surface area contributed by atoms with Gasteiger partial charge in [-0.25, -0.2) is 8.78 Å². The molecule has 226 valence electrons. The summed E-state index contributed by atoms with van der Waals surface area (Å²) in [5.41, 5.74) is 1.47. The lowest BCUT2D eigenvalue weighted by Crippen LogP contribution is -2.40. The van der Waals surface area contributed by atoms with E-state index < -0.39 is 24.7 Å². The number of aromatic nitrogens is 2. The standard InChI is InChI=1S/C33H43F2N5O2/c1-23-25-8-7-9-27(20-25)33(34,35)26-10-13-39(14-11-26)12-5-3-4-6-17-42-30-22-28(40-15-18-41-19-16-40)21-29-31(30)24(2)37-38-32(29)36-23/h7-9,20-23,26H,3-6,10-19H2,1-2H3,(H,36,38)/t23-/m1/s1/i2D3. The molecule has 9 heteroatoms. The molecule has 1 aromatic heterocycles. The van der Waals surface area contributed by atoms with Crippen LogP contribution in [0, 0.1) is 12.8 Å². The van der Waals surface area contributed by atoms with Crippen LogP contribution in [0.15, 0.2) is 36.4 Å². The Morgan fingerprint density at radius 2 is 1.76 bits per heavy atom. The summed E-state index contributed by atoms with van der Waals surface area (Å²) in [5.74, 6) is -2.80. The number of ether oxygens (including phenoxy) is 2. The number of alkyl halides is 2. The van der Waals surface area contributed by atoms with E-state index in [4.69, 9.17) is 13.6 Å². The molecule has 2 fully saturated rings. The lowest BCUT2D eigenvalue weighted by atomic mass is 9.85. The summed E-state index contributed by atoms with van der Waals surface area (Å²) < 4.78 is 68.5. The van der Waals surface area contributed by atoms with Crippen molar-refractivity contribution in [1.82, 2.24) is 15.1 Å². The fraction of sp³-hybridized carbons (Fsp3) is 0.576. The van der Waals surface area contributed by atoms with Crippen LogP contribution in [-0.4, -0.2) is 67.6 Å². The fourth-order valence-electron chi connectivity index (χ4n) is 6.49. The Balaban J connectivity index is 1.43. The molecule has 7 rings (SSSR count). The van der Waals surface area contributed by atoms with Gasteiger partial charge in [0.1, 0.15) is 5.75 Å². The molecule has 3 aromatic rings. The highest BCUT2D eigenvalue weighted by Crippen LogP contribution is 2.43. The first-order valence-electron chi connectivity index (χ1n) is 16.9. The van der Waals surface area contributed by atoms with Crippen LogP contribution < -0.4 is 15.0 Å². The summed E-state index contributed by atoms with van der Waals surface area (Å²) in [6.07, 6.45) is 4.74. The highest BCUT2D eigenvalue weighted by molar-refractivity contribution is 5.99. The van der Waals surface area contributed by atoms with Gasteiger partial charge in [0.2, 0.25) is 0 Å². The van der Waals surface area contributed by atoms with E-state index in [1.54, 1.807) is 12.1 Å². The first-order valence-corrected chi connectivity index (χ1v) is 15.4. The Morgan fingerprint density at radius 3 is 2.57 bits per heavy atom. The normalized spacial score (nSPS) is 26.8. The Bertz CT molecular complexity index is 1480. The fourth-order valence-corrected chi connectivity index (χ4v) is 6.49. The summed E-state index contributed by atoms with van der Waals surface area (Å²) >= 11 is 0. The van der Waals surface area contributed by atoms with E-state index in [0.717, 1.165) is 37.9 Å². The van der Waals surface area contributed by atoms with Crippen molar-refractivity contribution < 1.29 is 22.4 Å². The van der Waals surface area contributed by atoms with Crippen molar-refractivity contribution in [2.75, 3.05) is 62.8 Å². The molecule has 0 unspecified atom stereocenters. The molecule has 0 amide bonds. The number of fused-ring (bicyclic) bond motifs is 9. The lowest BCUT2D eigenvalue weighted by Gasteiger charge is -2.36. The highest BCUT2D eigenvalue weighted by atomic mass is 19.3. The number of benzene rings is 2. The van der Waals surface area contributed by atoms with Gasteiger partial charge in [-0.2, -0.15) is 5.10 Å². The van der Waals surface area contributed by atoms with Gasteiger partial charge in [-0.1, -0.05) is 31.0 Å². The molecule has 2 saturated heterocycles. The van der Waals surface area contributed by atoms with Gasteiger partial charge in [-0.3, -0.25) is 0 Å². The van der Waals surface area contributed by atoms with E-state index in [0.29, 0.717) is 86.7 Å². The van der Waals surface area contributed by atoms with Gasteiger partial charge in [-0.05, 0) is 76.8 Å². The molecular formula is C33H43F2N5O2. The molecule has 0 saturated carbocycles. The summed E-state index contributed by atoms with van der Waals surface area (Å²) in [5, 5.41) is 12.9. The Kier molecular flexibility index (Phi) is 7.68. The van der Waals surface area contributed by atoms with E-state index in [-0.39, 0.29) is 11.3 Å². The second-order valence-electron chi connectivity index (χ2n) is 11.9. The van der Waals surface area contributed by atoms with Gasteiger partial charge in [0.25, 0.3) is 5.92 Å². The van der Waals surface area contributed by atoms with Crippen LogP contribution in [0.5, 0.6) is 5.75 Å². The zero-order valence-corrected chi connectivity index (χ0v) is 24.4. The second-order valence-corrected chi connectivity index (χ2v) is 11.9. The summed E-state index contributed by atoms with van der Waals surface area (Å²) in [7, 11) is 0. The number of halogens is 2. The van der Waals surface area contributed by atoms with Gasteiger partial charge < -0.3 is 24.6 Å². The minimum Gasteiger partial charge on any atom is -0.493 e. The molecule has 8 bridgehead atoms. The number of rotatable bonds is 1. The van der Waals surface area contributed by atoms with Gasteiger partial charge in [0, 0.05) is 45.8 Å². The molecule has 0 aliphatic carbocycles. The zero-order chi connectivity index (χ0) is 31.6. The second kappa shape index (κ2) is 12.7. The Morgan fingerprint density at radius 1 is 0.952 bits per heavy atom. The Labute approximate surface area is 251 Å². The maximum atomic E-state index is 15.9. The van der Waals surface area contributed by atoms with E-state index in [2.05, 4.69) is 25.3 Å². The van der Waals surface area contributed by atoms with Crippen LogP contribution in [0.4, 0.5) is 20.3 Å². The van der Waals surface area contributed by atoms with Crippen molar-refractivity contribution in [2.45, 2.75) is 64.3 Å².